The van der Waals surface area contributed by atoms with Crippen molar-refractivity contribution in [3.05, 3.63) is 53.8 Å². The molecule has 2 atom stereocenters. The standard InChI is InChI=1S/C22H25FN2O/c23-18-3-1-2-17-20-12-24-13-25(20)19(22(17)18)11-21(26)16-8-6-15(7-9-16)10-14-4-5-14/h1-3,10,12-14,16,19,21,26H,4-9,11H2. The van der Waals surface area contributed by atoms with Crippen LogP contribution in [0.3, 0.4) is 0 Å². The van der Waals surface area contributed by atoms with Gasteiger partial charge in [-0.05, 0) is 62.8 Å². The molecule has 4 heteroatoms. The van der Waals surface area contributed by atoms with Crippen LogP contribution in [0.4, 0.5) is 4.39 Å². The van der Waals surface area contributed by atoms with Crippen LogP contribution < -0.4 is 0 Å². The lowest BCUT2D eigenvalue weighted by molar-refractivity contribution is 0.0742. The second kappa shape index (κ2) is 6.34. The molecule has 1 aromatic heterocycles. The van der Waals surface area contributed by atoms with Gasteiger partial charge in [0.05, 0.1) is 30.4 Å². The molecule has 2 fully saturated rings. The van der Waals surface area contributed by atoms with Crippen LogP contribution in [0.15, 0.2) is 42.4 Å². The van der Waals surface area contributed by atoms with E-state index in [9.17, 15) is 9.50 Å². The van der Waals surface area contributed by atoms with Crippen molar-refractivity contribution in [1.29, 1.82) is 0 Å². The molecule has 26 heavy (non-hydrogen) atoms. The summed E-state index contributed by atoms with van der Waals surface area (Å²) in [5, 5.41) is 10.9. The monoisotopic (exact) mass is 352 g/mol. The average Bonchev–Trinajstić information content (AvgIpc) is 3.23. The summed E-state index contributed by atoms with van der Waals surface area (Å²) in [6, 6.07) is 5.07. The molecule has 2 unspecified atom stereocenters. The van der Waals surface area contributed by atoms with Crippen LogP contribution >= 0.6 is 0 Å². The minimum Gasteiger partial charge on any atom is -0.393 e. The molecule has 136 valence electrons. The molecule has 2 aliphatic carbocycles. The number of aliphatic hydroxyl groups is 1. The Morgan fingerprint density at radius 1 is 1.23 bits per heavy atom. The van der Waals surface area contributed by atoms with Crippen LogP contribution in [0.2, 0.25) is 0 Å². The maximum Gasteiger partial charge on any atom is 0.129 e. The number of aliphatic hydroxyl groups excluding tert-OH is 1. The van der Waals surface area contributed by atoms with Crippen LogP contribution in [0.1, 0.15) is 56.6 Å². The number of aromatic nitrogens is 2. The fourth-order valence-electron chi connectivity index (χ4n) is 4.81. The lowest BCUT2D eigenvalue weighted by atomic mass is 9.80. The van der Waals surface area contributed by atoms with Gasteiger partial charge >= 0.3 is 0 Å². The number of allylic oxidation sites excluding steroid dienone is 2. The molecule has 2 saturated carbocycles. The maximum absolute atomic E-state index is 14.5. The van der Waals surface area contributed by atoms with Gasteiger partial charge in [0.2, 0.25) is 0 Å². The Labute approximate surface area is 153 Å². The van der Waals surface area contributed by atoms with Crippen LogP contribution in [0.25, 0.3) is 11.3 Å². The van der Waals surface area contributed by atoms with E-state index in [0.29, 0.717) is 17.9 Å². The highest BCUT2D eigenvalue weighted by molar-refractivity contribution is 5.69. The molecule has 1 N–H and O–H groups in total. The van der Waals surface area contributed by atoms with Gasteiger partial charge in [-0.15, -0.1) is 0 Å². The lowest BCUT2D eigenvalue weighted by Gasteiger charge is -2.30. The van der Waals surface area contributed by atoms with Gasteiger partial charge in [0.15, 0.2) is 0 Å². The molecule has 1 aromatic carbocycles. The van der Waals surface area contributed by atoms with Gasteiger partial charge < -0.3 is 9.67 Å². The van der Waals surface area contributed by atoms with Crippen LogP contribution in [-0.2, 0) is 0 Å². The fourth-order valence-corrected chi connectivity index (χ4v) is 4.81. The summed E-state index contributed by atoms with van der Waals surface area (Å²) in [5.74, 6) is 0.972. The topological polar surface area (TPSA) is 38.1 Å². The van der Waals surface area contributed by atoms with Gasteiger partial charge in [0.1, 0.15) is 5.82 Å². The predicted molar refractivity (Wildman–Crippen MR) is 99.1 cm³/mol. The third kappa shape index (κ3) is 2.81. The largest absolute Gasteiger partial charge is 0.393 e. The Hall–Kier alpha value is -1.94. The Kier molecular flexibility index (Phi) is 3.96. The van der Waals surface area contributed by atoms with Gasteiger partial charge in [-0.25, -0.2) is 9.37 Å². The summed E-state index contributed by atoms with van der Waals surface area (Å²) in [4.78, 5) is 4.24. The van der Waals surface area contributed by atoms with Crippen molar-refractivity contribution in [2.75, 3.05) is 0 Å². The van der Waals surface area contributed by atoms with E-state index in [2.05, 4.69) is 11.1 Å². The first kappa shape index (κ1) is 16.2. The van der Waals surface area contributed by atoms with E-state index in [-0.39, 0.29) is 11.9 Å². The molecule has 0 radical (unpaired) electrons. The van der Waals surface area contributed by atoms with Crippen molar-refractivity contribution in [1.82, 2.24) is 9.55 Å². The summed E-state index contributed by atoms with van der Waals surface area (Å²) in [5.41, 5.74) is 4.17. The summed E-state index contributed by atoms with van der Waals surface area (Å²) in [7, 11) is 0. The molecule has 0 spiro atoms. The summed E-state index contributed by atoms with van der Waals surface area (Å²) < 4.78 is 16.6. The number of benzene rings is 1. The predicted octanol–water partition coefficient (Wildman–Crippen LogP) is 4.87. The first-order chi connectivity index (χ1) is 12.7. The van der Waals surface area contributed by atoms with E-state index < -0.39 is 6.10 Å². The zero-order valence-corrected chi connectivity index (χ0v) is 14.9. The van der Waals surface area contributed by atoms with E-state index in [0.717, 1.165) is 42.9 Å². The fraction of sp³-hybridized carbons (Fsp3) is 0.500. The van der Waals surface area contributed by atoms with Gasteiger partial charge in [0.25, 0.3) is 0 Å². The molecule has 0 saturated heterocycles. The van der Waals surface area contributed by atoms with Crippen molar-refractivity contribution >= 4 is 0 Å². The SMILES string of the molecule is OC(CC1c2c(F)cccc2-c2cncn21)C1CCC(=CC2CC2)CC1. The minimum atomic E-state index is -0.400. The Balaban J connectivity index is 1.32. The van der Waals surface area contributed by atoms with Crippen molar-refractivity contribution in [2.24, 2.45) is 11.8 Å². The Morgan fingerprint density at radius 3 is 2.81 bits per heavy atom. The smallest absolute Gasteiger partial charge is 0.129 e. The van der Waals surface area contributed by atoms with Gasteiger partial charge in [-0.2, -0.15) is 0 Å². The number of halogens is 1. The van der Waals surface area contributed by atoms with Gasteiger partial charge in [-0.1, -0.05) is 23.8 Å². The Morgan fingerprint density at radius 2 is 2.04 bits per heavy atom. The number of fused-ring (bicyclic) bond motifs is 3. The van der Waals surface area contributed by atoms with Crippen LogP contribution in [0.5, 0.6) is 0 Å². The zero-order valence-electron chi connectivity index (χ0n) is 14.9. The summed E-state index contributed by atoms with van der Waals surface area (Å²) >= 11 is 0. The zero-order chi connectivity index (χ0) is 17.7. The number of hydrogen-bond donors (Lipinski definition) is 1. The highest BCUT2D eigenvalue weighted by Gasteiger charge is 2.35. The van der Waals surface area contributed by atoms with Crippen LogP contribution in [-0.4, -0.2) is 20.8 Å². The minimum absolute atomic E-state index is 0.151. The Bertz CT molecular complexity index is 842. The molecule has 1 aliphatic heterocycles. The highest BCUT2D eigenvalue weighted by atomic mass is 19.1. The molecule has 0 amide bonds. The van der Waals surface area contributed by atoms with Crippen molar-refractivity contribution in [3.63, 3.8) is 0 Å². The summed E-state index contributed by atoms with van der Waals surface area (Å²) in [6.07, 6.45) is 13.2. The average molecular weight is 352 g/mol. The quantitative estimate of drug-likeness (QED) is 0.797. The molecule has 0 bridgehead atoms. The van der Waals surface area contributed by atoms with E-state index >= 15 is 0 Å². The summed E-state index contributed by atoms with van der Waals surface area (Å²) in [6.45, 7) is 0. The first-order valence-corrected chi connectivity index (χ1v) is 9.89. The highest BCUT2D eigenvalue weighted by Crippen LogP contribution is 2.44. The third-order valence-corrected chi connectivity index (χ3v) is 6.44. The number of hydrogen-bond acceptors (Lipinski definition) is 2. The lowest BCUT2D eigenvalue weighted by Crippen LogP contribution is -2.27. The number of nitrogens with zero attached hydrogens (tertiary/aromatic N) is 2. The number of imidazole rings is 1. The normalized spacial score (nSPS) is 25.7. The van der Waals surface area contributed by atoms with E-state index in [1.54, 1.807) is 24.2 Å². The molecular formula is C22H25FN2O. The van der Waals surface area contributed by atoms with Crippen molar-refractivity contribution < 1.29 is 9.50 Å². The second-order valence-corrected chi connectivity index (χ2v) is 8.21. The molecular weight excluding hydrogens is 327 g/mol. The third-order valence-electron chi connectivity index (χ3n) is 6.44. The van der Waals surface area contributed by atoms with E-state index in [1.165, 1.54) is 18.9 Å². The number of rotatable bonds is 4. The molecule has 5 rings (SSSR count). The van der Waals surface area contributed by atoms with E-state index in [4.69, 9.17) is 0 Å². The molecule has 3 aliphatic rings. The maximum atomic E-state index is 14.5. The first-order valence-electron chi connectivity index (χ1n) is 9.89. The van der Waals surface area contributed by atoms with E-state index in [1.807, 2.05) is 10.6 Å². The van der Waals surface area contributed by atoms with Crippen molar-refractivity contribution in [2.45, 2.75) is 57.1 Å². The van der Waals surface area contributed by atoms with Crippen molar-refractivity contribution in [3.8, 4) is 11.3 Å². The second-order valence-electron chi connectivity index (χ2n) is 8.21. The van der Waals surface area contributed by atoms with Gasteiger partial charge in [0, 0.05) is 11.1 Å². The molecule has 3 nitrogen and oxygen atoms in total. The molecule has 2 heterocycles. The van der Waals surface area contributed by atoms with Gasteiger partial charge in [-0.3, -0.25) is 0 Å². The van der Waals surface area contributed by atoms with Crippen LogP contribution in [0, 0.1) is 17.7 Å². The molecule has 2 aromatic rings.